The number of hydrogen-bond acceptors (Lipinski definition) is 5. The summed E-state index contributed by atoms with van der Waals surface area (Å²) in [6.45, 7) is 0. The highest BCUT2D eigenvalue weighted by Crippen LogP contribution is 2.46. The maximum absolute atomic E-state index is 5.72. The Labute approximate surface area is 116 Å². The quantitative estimate of drug-likeness (QED) is 0.655. The highest BCUT2D eigenvalue weighted by atomic mass is 35.7. The summed E-state index contributed by atoms with van der Waals surface area (Å²) in [6.07, 6.45) is 1.61. The molecule has 0 unspecified atom stereocenters. The molecule has 0 bridgehead atoms. The minimum absolute atomic E-state index is 0.629. The van der Waals surface area contributed by atoms with Crippen molar-refractivity contribution < 1.29 is 0 Å². The summed E-state index contributed by atoms with van der Waals surface area (Å²) in [6, 6.07) is 0. The van der Waals surface area contributed by atoms with E-state index in [2.05, 4.69) is 4.98 Å². The van der Waals surface area contributed by atoms with E-state index in [4.69, 9.17) is 42.7 Å². The molecule has 0 amide bonds. The van der Waals surface area contributed by atoms with Crippen molar-refractivity contribution in [1.82, 2.24) is 4.98 Å². The average Bonchev–Trinajstić information content (AvgIpc) is 2.26. The van der Waals surface area contributed by atoms with Gasteiger partial charge in [0.1, 0.15) is 5.03 Å². The Morgan fingerprint density at radius 3 is 1.93 bits per heavy atom. The molecule has 0 N–H and O–H groups in total. The fourth-order valence-corrected chi connectivity index (χ4v) is 5.15. The van der Waals surface area contributed by atoms with Crippen LogP contribution in [0.15, 0.2) is 25.9 Å². The van der Waals surface area contributed by atoms with Crippen LogP contribution >= 0.6 is 86.6 Å². The molecule has 1 nitrogen and oxygen atoms in total. The van der Waals surface area contributed by atoms with Gasteiger partial charge in [-0.3, -0.25) is 0 Å². The molecule has 0 atom stereocenters. The molecular weight excluding hydrogens is 344 g/mol. The molecule has 0 aliphatic heterocycles. The Balaban J connectivity index is 3.28. The van der Waals surface area contributed by atoms with Gasteiger partial charge in [-0.05, 0) is 75.7 Å². The van der Waals surface area contributed by atoms with E-state index < -0.39 is 0 Å². The number of aromatic nitrogens is 1. The standard InChI is InChI=1S/C5HCl4NS4/c6-11-2-1-10-5(14-9)4(13-8)3(2)12-7/h1H. The van der Waals surface area contributed by atoms with Gasteiger partial charge in [0.15, 0.2) is 0 Å². The van der Waals surface area contributed by atoms with Gasteiger partial charge in [-0.15, -0.1) is 0 Å². The lowest BCUT2D eigenvalue weighted by Gasteiger charge is -2.08. The maximum atomic E-state index is 5.72. The van der Waals surface area contributed by atoms with E-state index in [0.29, 0.717) is 5.03 Å². The van der Waals surface area contributed by atoms with Crippen molar-refractivity contribution in [3.63, 3.8) is 0 Å². The first-order valence-electron chi connectivity index (χ1n) is 2.95. The molecular formula is C5HCl4NS4. The summed E-state index contributed by atoms with van der Waals surface area (Å²) in [5.41, 5.74) is 0. The van der Waals surface area contributed by atoms with Gasteiger partial charge in [0.05, 0.1) is 14.7 Å². The van der Waals surface area contributed by atoms with Crippen LogP contribution in [0.5, 0.6) is 0 Å². The first-order valence-corrected chi connectivity index (χ1v) is 9.52. The highest BCUT2D eigenvalue weighted by Gasteiger charge is 2.15. The predicted molar refractivity (Wildman–Crippen MR) is 71.1 cm³/mol. The second kappa shape index (κ2) is 7.12. The monoisotopic (exact) mass is 343 g/mol. The molecule has 1 aromatic heterocycles. The van der Waals surface area contributed by atoms with Crippen molar-refractivity contribution in [2.75, 3.05) is 0 Å². The third kappa shape index (κ3) is 3.10. The van der Waals surface area contributed by atoms with Crippen molar-refractivity contribution in [3.05, 3.63) is 6.20 Å². The van der Waals surface area contributed by atoms with Crippen LogP contribution in [0.4, 0.5) is 0 Å². The van der Waals surface area contributed by atoms with E-state index in [0.717, 1.165) is 58.6 Å². The molecule has 0 fully saturated rings. The van der Waals surface area contributed by atoms with Crippen LogP contribution in [0, 0.1) is 0 Å². The van der Waals surface area contributed by atoms with Gasteiger partial charge in [-0.1, -0.05) is 0 Å². The highest BCUT2D eigenvalue weighted by molar-refractivity contribution is 8.25. The van der Waals surface area contributed by atoms with Crippen molar-refractivity contribution in [1.29, 1.82) is 0 Å². The van der Waals surface area contributed by atoms with Crippen molar-refractivity contribution in [3.8, 4) is 0 Å². The summed E-state index contributed by atoms with van der Waals surface area (Å²) < 4.78 is 0. The van der Waals surface area contributed by atoms with Crippen molar-refractivity contribution >= 4 is 86.6 Å². The third-order valence-corrected chi connectivity index (χ3v) is 5.55. The fourth-order valence-electron chi connectivity index (χ4n) is 0.695. The Bertz CT molecular complexity index is 292. The molecule has 0 saturated carbocycles. The first kappa shape index (κ1) is 13.8. The second-order valence-corrected chi connectivity index (χ2v) is 6.01. The topological polar surface area (TPSA) is 12.9 Å². The number of pyridine rings is 1. The van der Waals surface area contributed by atoms with Gasteiger partial charge in [0.2, 0.25) is 0 Å². The van der Waals surface area contributed by atoms with E-state index in [-0.39, 0.29) is 0 Å². The second-order valence-electron chi connectivity index (χ2n) is 1.89. The van der Waals surface area contributed by atoms with Gasteiger partial charge in [0, 0.05) is 17.2 Å². The van der Waals surface area contributed by atoms with Crippen LogP contribution in [0.3, 0.4) is 0 Å². The summed E-state index contributed by atoms with van der Waals surface area (Å²) in [4.78, 5) is 6.38. The minimum Gasteiger partial charge on any atom is -0.246 e. The normalized spacial score (nSPS) is 10.6. The smallest absolute Gasteiger partial charge is 0.127 e. The SMILES string of the molecule is ClSc1cnc(SCl)c(SCl)c1SCl. The molecule has 0 aromatic carbocycles. The van der Waals surface area contributed by atoms with Crippen LogP contribution < -0.4 is 0 Å². The van der Waals surface area contributed by atoms with E-state index in [1.54, 1.807) is 6.20 Å². The van der Waals surface area contributed by atoms with Gasteiger partial charge >= 0.3 is 0 Å². The molecule has 1 heterocycles. The van der Waals surface area contributed by atoms with Gasteiger partial charge in [-0.2, -0.15) is 0 Å². The zero-order valence-corrected chi connectivity index (χ0v) is 12.5. The van der Waals surface area contributed by atoms with Crippen LogP contribution in [0.1, 0.15) is 0 Å². The number of halogens is 4. The molecule has 78 valence electrons. The number of rotatable bonds is 4. The largest absolute Gasteiger partial charge is 0.246 e. The summed E-state index contributed by atoms with van der Waals surface area (Å²) in [5.74, 6) is 0. The molecule has 0 saturated heterocycles. The lowest BCUT2D eigenvalue weighted by molar-refractivity contribution is 0.919. The lowest BCUT2D eigenvalue weighted by atomic mass is 10.5. The molecule has 0 aliphatic rings. The summed E-state index contributed by atoms with van der Waals surface area (Å²) >= 11 is 0. The van der Waals surface area contributed by atoms with Crippen LogP contribution in [0.25, 0.3) is 0 Å². The van der Waals surface area contributed by atoms with Gasteiger partial charge < -0.3 is 0 Å². The summed E-state index contributed by atoms with van der Waals surface area (Å²) in [7, 11) is 26.8. The molecule has 0 radical (unpaired) electrons. The van der Waals surface area contributed by atoms with Crippen LogP contribution in [-0.2, 0) is 0 Å². The van der Waals surface area contributed by atoms with Crippen molar-refractivity contribution in [2.45, 2.75) is 19.7 Å². The number of nitrogens with zero attached hydrogens (tertiary/aromatic N) is 1. The molecule has 1 aromatic rings. The molecule has 14 heavy (non-hydrogen) atoms. The predicted octanol–water partition coefficient (Wildman–Crippen LogP) is 6.07. The number of hydrogen-bond donors (Lipinski definition) is 0. The fraction of sp³-hybridized carbons (Fsp3) is 0. The van der Waals surface area contributed by atoms with Crippen molar-refractivity contribution in [2.24, 2.45) is 0 Å². The summed E-state index contributed by atoms with van der Waals surface area (Å²) in [5, 5.41) is 0.629. The Morgan fingerprint density at radius 2 is 1.50 bits per heavy atom. The van der Waals surface area contributed by atoms with E-state index in [1.807, 2.05) is 0 Å². The van der Waals surface area contributed by atoms with E-state index in [1.165, 1.54) is 0 Å². The molecule has 0 aliphatic carbocycles. The van der Waals surface area contributed by atoms with Crippen LogP contribution in [0.2, 0.25) is 0 Å². The third-order valence-electron chi connectivity index (χ3n) is 1.23. The Morgan fingerprint density at radius 1 is 0.857 bits per heavy atom. The zero-order chi connectivity index (χ0) is 10.6. The van der Waals surface area contributed by atoms with Gasteiger partial charge in [0.25, 0.3) is 0 Å². The molecule has 1 rings (SSSR count). The van der Waals surface area contributed by atoms with Gasteiger partial charge in [-0.25, -0.2) is 4.98 Å². The Kier molecular flexibility index (Phi) is 7.00. The minimum atomic E-state index is 0.629. The zero-order valence-electron chi connectivity index (χ0n) is 6.17. The Hall–Kier alpha value is 1.71. The molecule has 0 spiro atoms. The van der Waals surface area contributed by atoms with Crippen LogP contribution in [-0.4, -0.2) is 4.98 Å². The van der Waals surface area contributed by atoms with E-state index >= 15 is 0 Å². The molecule has 9 heteroatoms. The van der Waals surface area contributed by atoms with E-state index in [9.17, 15) is 0 Å². The first-order chi connectivity index (χ1) is 6.78. The lowest BCUT2D eigenvalue weighted by Crippen LogP contribution is -1.86. The average molecular weight is 345 g/mol. The maximum Gasteiger partial charge on any atom is 0.127 e.